The van der Waals surface area contributed by atoms with E-state index in [2.05, 4.69) is 4.98 Å². The molecule has 1 aliphatic rings. The minimum Gasteiger partial charge on any atom is -0.289 e. The SMILES string of the molecule is O=C1/C(=C\c2cccnc2)CSc2ccc(Cl)cc21. The molecule has 0 bridgehead atoms. The van der Waals surface area contributed by atoms with E-state index in [0.717, 1.165) is 16.0 Å². The highest BCUT2D eigenvalue weighted by Crippen LogP contribution is 2.34. The van der Waals surface area contributed by atoms with Crippen LogP contribution < -0.4 is 0 Å². The molecule has 3 rings (SSSR count). The molecular formula is C15H10ClNOS. The normalized spacial score (nSPS) is 16.5. The summed E-state index contributed by atoms with van der Waals surface area (Å²) in [6.45, 7) is 0. The van der Waals surface area contributed by atoms with Gasteiger partial charge in [-0.3, -0.25) is 9.78 Å². The third-order valence-corrected chi connectivity index (χ3v) is 4.24. The third kappa shape index (κ3) is 2.57. The third-order valence-electron chi connectivity index (χ3n) is 2.89. The fourth-order valence-corrected chi connectivity index (χ4v) is 3.14. The number of benzene rings is 1. The number of halogens is 1. The number of hydrogen-bond acceptors (Lipinski definition) is 3. The van der Waals surface area contributed by atoms with Gasteiger partial charge in [0.2, 0.25) is 0 Å². The second-order valence-electron chi connectivity index (χ2n) is 4.21. The maximum absolute atomic E-state index is 12.4. The molecule has 0 amide bonds. The molecule has 0 atom stereocenters. The van der Waals surface area contributed by atoms with Crippen LogP contribution in [-0.4, -0.2) is 16.5 Å². The molecule has 19 heavy (non-hydrogen) atoms. The van der Waals surface area contributed by atoms with Crippen molar-refractivity contribution in [2.75, 3.05) is 5.75 Å². The first-order valence-corrected chi connectivity index (χ1v) is 7.18. The monoisotopic (exact) mass is 287 g/mol. The number of fused-ring (bicyclic) bond motifs is 1. The average molecular weight is 288 g/mol. The smallest absolute Gasteiger partial charge is 0.191 e. The van der Waals surface area contributed by atoms with Gasteiger partial charge in [0, 0.05) is 39.2 Å². The van der Waals surface area contributed by atoms with Crippen LogP contribution in [0, 0.1) is 0 Å². The minimum absolute atomic E-state index is 0.0557. The molecule has 0 radical (unpaired) electrons. The molecule has 1 aliphatic heterocycles. The number of hydrogen-bond donors (Lipinski definition) is 0. The molecule has 1 aromatic carbocycles. The second kappa shape index (κ2) is 5.19. The zero-order chi connectivity index (χ0) is 13.2. The van der Waals surface area contributed by atoms with Crippen LogP contribution in [0.3, 0.4) is 0 Å². The number of Topliss-reactive ketones (excluding diaryl/α,β-unsaturated/α-hetero) is 1. The second-order valence-corrected chi connectivity index (χ2v) is 5.67. The lowest BCUT2D eigenvalue weighted by Crippen LogP contribution is -2.12. The lowest BCUT2D eigenvalue weighted by Gasteiger charge is -2.17. The van der Waals surface area contributed by atoms with Gasteiger partial charge in [-0.05, 0) is 35.9 Å². The minimum atomic E-state index is 0.0557. The Hall–Kier alpha value is -1.58. The summed E-state index contributed by atoms with van der Waals surface area (Å²) in [5.41, 5.74) is 2.42. The average Bonchev–Trinajstić information content (AvgIpc) is 2.44. The molecule has 2 aromatic rings. The predicted octanol–water partition coefficient (Wildman–Crippen LogP) is 4.11. The van der Waals surface area contributed by atoms with Gasteiger partial charge in [0.1, 0.15) is 0 Å². The van der Waals surface area contributed by atoms with Crippen molar-refractivity contribution in [3.05, 3.63) is 64.4 Å². The molecule has 2 nitrogen and oxygen atoms in total. The van der Waals surface area contributed by atoms with Gasteiger partial charge in [0.25, 0.3) is 0 Å². The molecule has 1 aromatic heterocycles. The van der Waals surface area contributed by atoms with Crippen LogP contribution in [0.4, 0.5) is 0 Å². The number of rotatable bonds is 1. The standard InChI is InChI=1S/C15H10ClNOS/c16-12-3-4-14-13(7-12)15(18)11(9-19-14)6-10-2-1-5-17-8-10/h1-8H,9H2/b11-6-. The number of carbonyl (C=O) groups is 1. The van der Waals surface area contributed by atoms with Crippen molar-refractivity contribution < 1.29 is 4.79 Å². The first-order valence-electron chi connectivity index (χ1n) is 5.82. The van der Waals surface area contributed by atoms with E-state index in [1.807, 2.05) is 30.3 Å². The number of aromatic nitrogens is 1. The van der Waals surface area contributed by atoms with Crippen LogP contribution in [0.25, 0.3) is 6.08 Å². The van der Waals surface area contributed by atoms with E-state index in [1.165, 1.54) is 0 Å². The number of pyridine rings is 1. The van der Waals surface area contributed by atoms with Gasteiger partial charge in [0.15, 0.2) is 5.78 Å². The summed E-state index contributed by atoms with van der Waals surface area (Å²) in [6.07, 6.45) is 5.36. The number of nitrogens with zero attached hydrogens (tertiary/aromatic N) is 1. The molecule has 0 saturated heterocycles. The Bertz CT molecular complexity index is 667. The van der Waals surface area contributed by atoms with Crippen LogP contribution in [0.2, 0.25) is 5.02 Å². The molecular weight excluding hydrogens is 278 g/mol. The van der Waals surface area contributed by atoms with Crippen LogP contribution in [0.1, 0.15) is 15.9 Å². The van der Waals surface area contributed by atoms with Gasteiger partial charge < -0.3 is 0 Å². The Morgan fingerprint density at radius 2 is 2.21 bits per heavy atom. The molecule has 0 unspecified atom stereocenters. The Morgan fingerprint density at radius 1 is 1.32 bits per heavy atom. The zero-order valence-electron chi connectivity index (χ0n) is 9.97. The largest absolute Gasteiger partial charge is 0.289 e. The number of carbonyl (C=O) groups excluding carboxylic acids is 1. The fraction of sp³-hybridized carbons (Fsp3) is 0.0667. The molecule has 0 saturated carbocycles. The fourth-order valence-electron chi connectivity index (χ4n) is 1.97. The van der Waals surface area contributed by atoms with E-state index in [4.69, 9.17) is 11.6 Å². The van der Waals surface area contributed by atoms with Gasteiger partial charge in [0.05, 0.1) is 0 Å². The van der Waals surface area contributed by atoms with E-state index in [1.54, 1.807) is 30.2 Å². The van der Waals surface area contributed by atoms with Crippen molar-refractivity contribution in [3.63, 3.8) is 0 Å². The molecule has 2 heterocycles. The van der Waals surface area contributed by atoms with Crippen molar-refractivity contribution in [1.82, 2.24) is 4.98 Å². The Balaban J connectivity index is 2.00. The predicted molar refractivity (Wildman–Crippen MR) is 78.7 cm³/mol. The first-order chi connectivity index (χ1) is 9.24. The first kappa shape index (κ1) is 12.5. The summed E-state index contributed by atoms with van der Waals surface area (Å²) in [5, 5.41) is 0.593. The Morgan fingerprint density at radius 3 is 3.00 bits per heavy atom. The maximum Gasteiger partial charge on any atom is 0.191 e. The highest BCUT2D eigenvalue weighted by Gasteiger charge is 2.22. The number of thioether (sulfide) groups is 1. The molecule has 0 fully saturated rings. The van der Waals surface area contributed by atoms with Crippen LogP contribution in [0.15, 0.2) is 53.2 Å². The van der Waals surface area contributed by atoms with Gasteiger partial charge in [-0.15, -0.1) is 11.8 Å². The zero-order valence-corrected chi connectivity index (χ0v) is 11.5. The summed E-state index contributed by atoms with van der Waals surface area (Å²) in [7, 11) is 0. The Kier molecular flexibility index (Phi) is 3.40. The van der Waals surface area contributed by atoms with Crippen molar-refractivity contribution >= 4 is 35.2 Å². The molecule has 94 valence electrons. The van der Waals surface area contributed by atoms with E-state index < -0.39 is 0 Å². The molecule has 0 spiro atoms. The summed E-state index contributed by atoms with van der Waals surface area (Å²) in [4.78, 5) is 17.5. The topological polar surface area (TPSA) is 30.0 Å². The summed E-state index contributed by atoms with van der Waals surface area (Å²) in [6, 6.07) is 9.25. The van der Waals surface area contributed by atoms with Gasteiger partial charge >= 0.3 is 0 Å². The lowest BCUT2D eigenvalue weighted by atomic mass is 10.0. The van der Waals surface area contributed by atoms with Crippen molar-refractivity contribution in [2.45, 2.75) is 4.90 Å². The van der Waals surface area contributed by atoms with Gasteiger partial charge in [-0.1, -0.05) is 17.7 Å². The van der Waals surface area contributed by atoms with E-state index >= 15 is 0 Å². The van der Waals surface area contributed by atoms with Gasteiger partial charge in [-0.25, -0.2) is 0 Å². The highest BCUT2D eigenvalue weighted by molar-refractivity contribution is 7.99. The highest BCUT2D eigenvalue weighted by atomic mass is 35.5. The lowest BCUT2D eigenvalue weighted by molar-refractivity contribution is 0.103. The van der Waals surface area contributed by atoms with Crippen LogP contribution in [-0.2, 0) is 0 Å². The summed E-state index contributed by atoms with van der Waals surface area (Å²) < 4.78 is 0. The molecule has 0 N–H and O–H groups in total. The van der Waals surface area contributed by atoms with Crippen LogP contribution >= 0.6 is 23.4 Å². The van der Waals surface area contributed by atoms with Crippen LogP contribution in [0.5, 0.6) is 0 Å². The van der Waals surface area contributed by atoms with Crippen molar-refractivity contribution in [2.24, 2.45) is 0 Å². The summed E-state index contributed by atoms with van der Waals surface area (Å²) >= 11 is 7.62. The summed E-state index contributed by atoms with van der Waals surface area (Å²) in [5.74, 6) is 0.739. The van der Waals surface area contributed by atoms with E-state index in [-0.39, 0.29) is 5.78 Å². The quantitative estimate of drug-likeness (QED) is 0.740. The van der Waals surface area contributed by atoms with Gasteiger partial charge in [-0.2, -0.15) is 0 Å². The van der Waals surface area contributed by atoms with Crippen molar-refractivity contribution in [1.29, 1.82) is 0 Å². The Labute approximate surface area is 120 Å². The van der Waals surface area contributed by atoms with E-state index in [0.29, 0.717) is 16.3 Å². The van der Waals surface area contributed by atoms with E-state index in [9.17, 15) is 4.79 Å². The molecule has 4 heteroatoms. The number of ketones is 1. The molecule has 0 aliphatic carbocycles. The van der Waals surface area contributed by atoms with Crippen molar-refractivity contribution in [3.8, 4) is 0 Å². The maximum atomic E-state index is 12.4.